The SMILES string of the molecule is COC(=O)C(C)(C)Nc1ccc(C)cc1. The lowest BCUT2D eigenvalue weighted by molar-refractivity contribution is -0.144. The van der Waals surface area contributed by atoms with E-state index in [1.165, 1.54) is 12.7 Å². The second kappa shape index (κ2) is 4.34. The predicted octanol–water partition coefficient (Wildman–Crippen LogP) is 2.36. The van der Waals surface area contributed by atoms with E-state index < -0.39 is 5.54 Å². The van der Waals surface area contributed by atoms with Crippen molar-refractivity contribution in [3.63, 3.8) is 0 Å². The van der Waals surface area contributed by atoms with E-state index in [4.69, 9.17) is 4.74 Å². The minimum Gasteiger partial charge on any atom is -0.467 e. The highest BCUT2D eigenvalue weighted by atomic mass is 16.5. The van der Waals surface area contributed by atoms with Gasteiger partial charge in [-0.25, -0.2) is 4.79 Å². The summed E-state index contributed by atoms with van der Waals surface area (Å²) in [5.41, 5.74) is 1.40. The van der Waals surface area contributed by atoms with Gasteiger partial charge in [0.05, 0.1) is 7.11 Å². The summed E-state index contributed by atoms with van der Waals surface area (Å²) in [6.07, 6.45) is 0. The fraction of sp³-hybridized carbons (Fsp3) is 0.417. The van der Waals surface area contributed by atoms with Crippen molar-refractivity contribution in [1.82, 2.24) is 0 Å². The molecule has 0 aliphatic heterocycles. The number of carbonyl (C=O) groups is 1. The van der Waals surface area contributed by atoms with E-state index >= 15 is 0 Å². The Morgan fingerprint density at radius 1 is 1.27 bits per heavy atom. The van der Waals surface area contributed by atoms with E-state index in [-0.39, 0.29) is 5.97 Å². The highest BCUT2D eigenvalue weighted by molar-refractivity contribution is 5.83. The molecule has 0 unspecified atom stereocenters. The standard InChI is InChI=1S/C12H17NO2/c1-9-5-7-10(8-6-9)13-12(2,3)11(14)15-4/h5-8,13H,1-4H3. The molecule has 0 aliphatic carbocycles. The van der Waals surface area contributed by atoms with E-state index in [2.05, 4.69) is 5.32 Å². The number of rotatable bonds is 3. The molecule has 0 aromatic heterocycles. The molecule has 0 saturated carbocycles. The smallest absolute Gasteiger partial charge is 0.330 e. The molecule has 0 saturated heterocycles. The molecule has 1 N–H and O–H groups in total. The Labute approximate surface area is 90.4 Å². The van der Waals surface area contributed by atoms with Crippen LogP contribution in [0.15, 0.2) is 24.3 Å². The minimum atomic E-state index is -0.704. The van der Waals surface area contributed by atoms with Crippen LogP contribution < -0.4 is 5.32 Å². The van der Waals surface area contributed by atoms with Gasteiger partial charge in [0.1, 0.15) is 5.54 Å². The van der Waals surface area contributed by atoms with Gasteiger partial charge >= 0.3 is 5.97 Å². The molecular weight excluding hydrogens is 190 g/mol. The first kappa shape index (κ1) is 11.6. The van der Waals surface area contributed by atoms with E-state index in [0.29, 0.717) is 0 Å². The van der Waals surface area contributed by atoms with Crippen molar-refractivity contribution in [2.24, 2.45) is 0 Å². The Morgan fingerprint density at radius 2 is 1.80 bits per heavy atom. The van der Waals surface area contributed by atoms with Crippen molar-refractivity contribution >= 4 is 11.7 Å². The average Bonchev–Trinajstić information content (AvgIpc) is 2.20. The first-order chi connectivity index (χ1) is 6.95. The van der Waals surface area contributed by atoms with Crippen LogP contribution in [0.1, 0.15) is 19.4 Å². The Kier molecular flexibility index (Phi) is 3.35. The van der Waals surface area contributed by atoms with Crippen LogP contribution in [0, 0.1) is 6.92 Å². The summed E-state index contributed by atoms with van der Waals surface area (Å²) in [4.78, 5) is 11.4. The summed E-state index contributed by atoms with van der Waals surface area (Å²) in [6, 6.07) is 7.88. The summed E-state index contributed by atoms with van der Waals surface area (Å²) in [5, 5.41) is 3.12. The molecule has 82 valence electrons. The van der Waals surface area contributed by atoms with Gasteiger partial charge in [0.25, 0.3) is 0 Å². The number of benzene rings is 1. The number of hydrogen-bond acceptors (Lipinski definition) is 3. The number of nitrogens with one attached hydrogen (secondary N) is 1. The lowest BCUT2D eigenvalue weighted by Crippen LogP contribution is -2.41. The Balaban J connectivity index is 2.77. The number of aryl methyl sites for hydroxylation is 1. The molecule has 0 heterocycles. The number of esters is 1. The number of ether oxygens (including phenoxy) is 1. The zero-order valence-electron chi connectivity index (χ0n) is 9.63. The third kappa shape index (κ3) is 2.98. The first-order valence-electron chi connectivity index (χ1n) is 4.89. The average molecular weight is 207 g/mol. The molecule has 1 aromatic carbocycles. The zero-order chi connectivity index (χ0) is 11.5. The molecule has 3 heteroatoms. The molecule has 0 atom stereocenters. The fourth-order valence-corrected chi connectivity index (χ4v) is 1.30. The second-order valence-electron chi connectivity index (χ2n) is 4.11. The van der Waals surface area contributed by atoms with Crippen molar-refractivity contribution in [3.8, 4) is 0 Å². The quantitative estimate of drug-likeness (QED) is 0.773. The van der Waals surface area contributed by atoms with Crippen molar-refractivity contribution in [2.45, 2.75) is 26.3 Å². The van der Waals surface area contributed by atoms with E-state index in [0.717, 1.165) is 5.69 Å². The van der Waals surface area contributed by atoms with Crippen LogP contribution in [0.3, 0.4) is 0 Å². The molecule has 3 nitrogen and oxygen atoms in total. The van der Waals surface area contributed by atoms with E-state index in [1.54, 1.807) is 13.8 Å². The Bertz CT molecular complexity index is 341. The van der Waals surface area contributed by atoms with Gasteiger partial charge in [0.15, 0.2) is 0 Å². The lowest BCUT2D eigenvalue weighted by Gasteiger charge is -2.24. The summed E-state index contributed by atoms with van der Waals surface area (Å²) in [7, 11) is 1.39. The third-order valence-electron chi connectivity index (χ3n) is 2.20. The summed E-state index contributed by atoms with van der Waals surface area (Å²) >= 11 is 0. The monoisotopic (exact) mass is 207 g/mol. The van der Waals surface area contributed by atoms with Crippen LogP contribution in [0.4, 0.5) is 5.69 Å². The molecule has 15 heavy (non-hydrogen) atoms. The van der Waals surface area contributed by atoms with Crippen LogP contribution in [0.5, 0.6) is 0 Å². The minimum absolute atomic E-state index is 0.275. The van der Waals surface area contributed by atoms with Gasteiger partial charge in [-0.2, -0.15) is 0 Å². The van der Waals surface area contributed by atoms with Gasteiger partial charge in [-0.3, -0.25) is 0 Å². The number of hydrogen-bond donors (Lipinski definition) is 1. The Hall–Kier alpha value is -1.51. The molecule has 0 spiro atoms. The van der Waals surface area contributed by atoms with Crippen molar-refractivity contribution < 1.29 is 9.53 Å². The van der Waals surface area contributed by atoms with Crippen molar-refractivity contribution in [1.29, 1.82) is 0 Å². The van der Waals surface area contributed by atoms with Gasteiger partial charge in [0.2, 0.25) is 0 Å². The maximum absolute atomic E-state index is 11.4. The van der Waals surface area contributed by atoms with Gasteiger partial charge in [-0.05, 0) is 32.9 Å². The van der Waals surface area contributed by atoms with Crippen LogP contribution in [-0.4, -0.2) is 18.6 Å². The Morgan fingerprint density at radius 3 is 2.27 bits per heavy atom. The maximum atomic E-state index is 11.4. The van der Waals surface area contributed by atoms with Crippen molar-refractivity contribution in [2.75, 3.05) is 12.4 Å². The van der Waals surface area contributed by atoms with Gasteiger partial charge in [-0.15, -0.1) is 0 Å². The van der Waals surface area contributed by atoms with E-state index in [1.807, 2.05) is 31.2 Å². The summed E-state index contributed by atoms with van der Waals surface area (Å²) in [5.74, 6) is -0.275. The largest absolute Gasteiger partial charge is 0.467 e. The highest BCUT2D eigenvalue weighted by Crippen LogP contribution is 2.16. The number of anilines is 1. The van der Waals surface area contributed by atoms with Crippen LogP contribution >= 0.6 is 0 Å². The normalized spacial score (nSPS) is 10.9. The molecule has 0 aliphatic rings. The molecule has 0 fully saturated rings. The molecule has 0 amide bonds. The van der Waals surface area contributed by atoms with Crippen LogP contribution in [-0.2, 0) is 9.53 Å². The topological polar surface area (TPSA) is 38.3 Å². The van der Waals surface area contributed by atoms with Gasteiger partial charge in [-0.1, -0.05) is 17.7 Å². The molecule has 1 aromatic rings. The maximum Gasteiger partial charge on any atom is 0.330 e. The lowest BCUT2D eigenvalue weighted by atomic mass is 10.1. The van der Waals surface area contributed by atoms with Gasteiger partial charge < -0.3 is 10.1 Å². The summed E-state index contributed by atoms with van der Waals surface area (Å²) in [6.45, 7) is 5.60. The molecular formula is C12H17NO2. The number of carbonyl (C=O) groups excluding carboxylic acids is 1. The highest BCUT2D eigenvalue weighted by Gasteiger charge is 2.28. The van der Waals surface area contributed by atoms with Gasteiger partial charge in [0, 0.05) is 5.69 Å². The summed E-state index contributed by atoms with van der Waals surface area (Å²) < 4.78 is 4.71. The number of methoxy groups -OCH3 is 1. The van der Waals surface area contributed by atoms with Crippen LogP contribution in [0.25, 0.3) is 0 Å². The molecule has 0 bridgehead atoms. The fourth-order valence-electron chi connectivity index (χ4n) is 1.30. The van der Waals surface area contributed by atoms with Crippen molar-refractivity contribution in [3.05, 3.63) is 29.8 Å². The molecule has 1 rings (SSSR count). The molecule has 0 radical (unpaired) electrons. The van der Waals surface area contributed by atoms with Crippen LogP contribution in [0.2, 0.25) is 0 Å². The second-order valence-corrected chi connectivity index (χ2v) is 4.11. The first-order valence-corrected chi connectivity index (χ1v) is 4.89. The third-order valence-corrected chi connectivity index (χ3v) is 2.20. The predicted molar refractivity (Wildman–Crippen MR) is 60.9 cm³/mol. The zero-order valence-corrected chi connectivity index (χ0v) is 9.63. The van der Waals surface area contributed by atoms with E-state index in [9.17, 15) is 4.79 Å².